The molecule has 0 fully saturated rings. The van der Waals surface area contributed by atoms with E-state index in [2.05, 4.69) is 15.7 Å². The van der Waals surface area contributed by atoms with E-state index in [9.17, 15) is 4.79 Å². The third-order valence-electron chi connectivity index (χ3n) is 3.30. The fraction of sp³-hybridized carbons (Fsp3) is 0.312. The van der Waals surface area contributed by atoms with Gasteiger partial charge in [0.15, 0.2) is 5.75 Å². The van der Waals surface area contributed by atoms with Crippen LogP contribution in [0.15, 0.2) is 40.4 Å². The third-order valence-corrected chi connectivity index (χ3v) is 3.30. The lowest BCUT2D eigenvalue weighted by Crippen LogP contribution is -2.40. The molecule has 1 aliphatic heterocycles. The Labute approximate surface area is 150 Å². The van der Waals surface area contributed by atoms with Crippen molar-refractivity contribution in [1.82, 2.24) is 10.7 Å². The van der Waals surface area contributed by atoms with E-state index in [1.165, 1.54) is 34.5 Å². The van der Waals surface area contributed by atoms with Gasteiger partial charge in [-0.2, -0.15) is 0 Å². The van der Waals surface area contributed by atoms with Crippen molar-refractivity contribution < 1.29 is 28.7 Å². The average Bonchev–Trinajstić information content (AvgIpc) is 2.67. The molecule has 10 heteroatoms. The Morgan fingerprint density at radius 2 is 1.96 bits per heavy atom. The van der Waals surface area contributed by atoms with E-state index in [-0.39, 0.29) is 17.2 Å². The van der Waals surface area contributed by atoms with Crippen LogP contribution in [0, 0.1) is 0 Å². The van der Waals surface area contributed by atoms with Gasteiger partial charge in [0.05, 0.1) is 33.1 Å². The van der Waals surface area contributed by atoms with Crippen LogP contribution in [0.2, 0.25) is 0 Å². The predicted octanol–water partition coefficient (Wildman–Crippen LogP) is 1.41. The summed E-state index contributed by atoms with van der Waals surface area (Å²) in [6.07, 6.45) is 1.53. The molecule has 1 heterocycles. The molecular formula is C16H20N4O6. The molecule has 2 rings (SSSR count). The summed E-state index contributed by atoms with van der Waals surface area (Å²) in [7, 11) is 5.62. The molecule has 0 bridgehead atoms. The summed E-state index contributed by atoms with van der Waals surface area (Å²) in [4.78, 5) is 22.8. The van der Waals surface area contributed by atoms with Gasteiger partial charge >= 0.3 is 5.97 Å². The van der Waals surface area contributed by atoms with Crippen molar-refractivity contribution in [3.63, 3.8) is 0 Å². The lowest BCUT2D eigenvalue weighted by molar-refractivity contribution is -0.112. The Bertz CT molecular complexity index is 759. The highest BCUT2D eigenvalue weighted by molar-refractivity contribution is 6.09. The third kappa shape index (κ3) is 4.15. The molecule has 0 aliphatic carbocycles. The first-order chi connectivity index (χ1) is 12.5. The molecule has 0 saturated carbocycles. The number of hydrogen-bond acceptors (Lipinski definition) is 10. The Hall–Kier alpha value is -3.43. The maximum absolute atomic E-state index is 12.3. The maximum atomic E-state index is 12.3. The van der Waals surface area contributed by atoms with Crippen LogP contribution in [0.5, 0.6) is 5.75 Å². The average molecular weight is 364 g/mol. The normalized spacial score (nSPS) is 13.9. The van der Waals surface area contributed by atoms with Crippen LogP contribution in [-0.4, -0.2) is 51.3 Å². The molecule has 0 saturated heterocycles. The molecule has 0 radical (unpaired) electrons. The number of oxime groups is 1. The molecule has 0 amide bonds. The van der Waals surface area contributed by atoms with E-state index < -0.39 is 5.97 Å². The van der Waals surface area contributed by atoms with Crippen molar-refractivity contribution in [1.29, 1.82) is 0 Å². The quantitative estimate of drug-likeness (QED) is 0.459. The van der Waals surface area contributed by atoms with Crippen LogP contribution in [0.4, 0.5) is 0 Å². The second-order valence-electron chi connectivity index (χ2n) is 4.86. The number of hydrazine groups is 1. The SMILES string of the molecule is CO/N=C(\C)c1cccc(ON2N=C(OC)C=C(OC)N2)c1C(=O)OC. The molecule has 0 atom stereocenters. The molecule has 140 valence electrons. The number of benzene rings is 1. The summed E-state index contributed by atoms with van der Waals surface area (Å²) in [5, 5.41) is 8.93. The number of rotatable bonds is 6. The summed E-state index contributed by atoms with van der Waals surface area (Å²) >= 11 is 0. The smallest absolute Gasteiger partial charge is 0.342 e. The summed E-state index contributed by atoms with van der Waals surface area (Å²) in [6, 6.07) is 4.99. The minimum absolute atomic E-state index is 0.165. The maximum Gasteiger partial charge on any atom is 0.342 e. The summed E-state index contributed by atoms with van der Waals surface area (Å²) in [5.41, 5.74) is 3.88. The Morgan fingerprint density at radius 1 is 1.19 bits per heavy atom. The van der Waals surface area contributed by atoms with Crippen molar-refractivity contribution >= 4 is 17.6 Å². The molecule has 0 aromatic heterocycles. The Kier molecular flexibility index (Phi) is 6.25. The van der Waals surface area contributed by atoms with E-state index in [1.54, 1.807) is 25.1 Å². The molecule has 26 heavy (non-hydrogen) atoms. The van der Waals surface area contributed by atoms with Gasteiger partial charge in [0, 0.05) is 5.56 Å². The molecule has 1 aromatic rings. The molecule has 1 aliphatic rings. The minimum Gasteiger partial charge on any atom is -0.481 e. The second-order valence-corrected chi connectivity index (χ2v) is 4.86. The van der Waals surface area contributed by atoms with Gasteiger partial charge in [-0.1, -0.05) is 22.4 Å². The zero-order valence-corrected chi connectivity index (χ0v) is 15.1. The highest BCUT2D eigenvalue weighted by Gasteiger charge is 2.24. The van der Waals surface area contributed by atoms with Gasteiger partial charge in [-0.05, 0) is 18.3 Å². The fourth-order valence-electron chi connectivity index (χ4n) is 2.13. The van der Waals surface area contributed by atoms with E-state index in [0.29, 0.717) is 17.2 Å². The topological polar surface area (TPSA) is 103 Å². The highest BCUT2D eigenvalue weighted by atomic mass is 16.7. The first-order valence-corrected chi connectivity index (χ1v) is 7.46. The van der Waals surface area contributed by atoms with Crippen LogP contribution in [-0.2, 0) is 19.0 Å². The number of carbonyl (C=O) groups is 1. The van der Waals surface area contributed by atoms with Gasteiger partial charge < -0.3 is 23.9 Å². The fourth-order valence-corrected chi connectivity index (χ4v) is 2.13. The van der Waals surface area contributed by atoms with Crippen LogP contribution in [0.1, 0.15) is 22.8 Å². The van der Waals surface area contributed by atoms with Gasteiger partial charge in [0.25, 0.3) is 0 Å². The summed E-state index contributed by atoms with van der Waals surface area (Å²) < 4.78 is 15.1. The van der Waals surface area contributed by atoms with Crippen LogP contribution in [0.25, 0.3) is 0 Å². The van der Waals surface area contributed by atoms with Gasteiger partial charge in [-0.25, -0.2) is 10.2 Å². The zero-order valence-electron chi connectivity index (χ0n) is 15.1. The first kappa shape index (κ1) is 18.9. The van der Waals surface area contributed by atoms with Gasteiger partial charge in [-0.15, -0.1) is 0 Å². The van der Waals surface area contributed by atoms with Crippen molar-refractivity contribution in [2.45, 2.75) is 6.92 Å². The van der Waals surface area contributed by atoms with Crippen molar-refractivity contribution in [2.75, 3.05) is 28.4 Å². The Balaban J connectivity index is 2.42. The monoisotopic (exact) mass is 364 g/mol. The number of esters is 1. The minimum atomic E-state index is -0.600. The summed E-state index contributed by atoms with van der Waals surface area (Å²) in [5.74, 6) is 0.166. The van der Waals surface area contributed by atoms with Crippen molar-refractivity contribution in [3.05, 3.63) is 41.3 Å². The number of hydrogen-bond donors (Lipinski definition) is 1. The van der Waals surface area contributed by atoms with Crippen LogP contribution in [0.3, 0.4) is 0 Å². The number of ether oxygens (including phenoxy) is 3. The van der Waals surface area contributed by atoms with E-state index in [0.717, 1.165) is 5.28 Å². The molecular weight excluding hydrogens is 344 g/mol. The van der Waals surface area contributed by atoms with Gasteiger partial charge in [0.1, 0.15) is 12.7 Å². The van der Waals surface area contributed by atoms with Gasteiger partial charge in [-0.3, -0.25) is 0 Å². The Morgan fingerprint density at radius 3 is 2.58 bits per heavy atom. The number of methoxy groups -OCH3 is 3. The van der Waals surface area contributed by atoms with E-state index in [4.69, 9.17) is 23.9 Å². The predicted molar refractivity (Wildman–Crippen MR) is 92.1 cm³/mol. The lowest BCUT2D eigenvalue weighted by Gasteiger charge is -2.25. The molecule has 10 nitrogen and oxygen atoms in total. The van der Waals surface area contributed by atoms with Crippen LogP contribution < -0.4 is 10.3 Å². The van der Waals surface area contributed by atoms with Crippen molar-refractivity contribution in [2.24, 2.45) is 10.3 Å². The van der Waals surface area contributed by atoms with Gasteiger partial charge in [0.2, 0.25) is 11.8 Å². The van der Waals surface area contributed by atoms with Crippen molar-refractivity contribution in [3.8, 4) is 5.75 Å². The van der Waals surface area contributed by atoms with Crippen LogP contribution >= 0.6 is 0 Å². The molecule has 0 unspecified atom stereocenters. The molecule has 1 aromatic carbocycles. The highest BCUT2D eigenvalue weighted by Crippen LogP contribution is 2.25. The number of nitrogens with one attached hydrogen (secondary N) is 1. The van der Waals surface area contributed by atoms with E-state index >= 15 is 0 Å². The largest absolute Gasteiger partial charge is 0.481 e. The number of hydrazone groups is 1. The molecule has 1 N–H and O–H groups in total. The first-order valence-electron chi connectivity index (χ1n) is 7.46. The standard InChI is InChI=1S/C16H20N4O6/c1-10(19-25-5)11-7-6-8-12(15(11)16(21)24-4)26-20-17-13(22-2)9-14(18-20)23-3/h6-9,17H,1-5H3/b19-10+. The number of nitrogens with zero attached hydrogens (tertiary/aromatic N) is 3. The van der Waals surface area contributed by atoms with E-state index in [1.807, 2.05) is 0 Å². The summed E-state index contributed by atoms with van der Waals surface area (Å²) in [6.45, 7) is 1.70. The molecule has 0 spiro atoms. The zero-order chi connectivity index (χ0) is 19.1. The second kappa shape index (κ2) is 8.60. The number of carbonyl (C=O) groups excluding carboxylic acids is 1. The lowest BCUT2D eigenvalue weighted by atomic mass is 10.0.